The molecule has 3 aromatic rings. The minimum Gasteiger partial charge on any atom is -0.497 e. The van der Waals surface area contributed by atoms with Crippen LogP contribution in [0, 0.1) is 0 Å². The molecule has 0 saturated heterocycles. The maximum Gasteiger partial charge on any atom is 0.267 e. The summed E-state index contributed by atoms with van der Waals surface area (Å²) in [6.45, 7) is -0.105. The van der Waals surface area contributed by atoms with Crippen LogP contribution in [0.2, 0.25) is 0 Å². The lowest BCUT2D eigenvalue weighted by Crippen LogP contribution is -2.26. The summed E-state index contributed by atoms with van der Waals surface area (Å²) in [5, 5.41) is 4.30. The predicted octanol–water partition coefficient (Wildman–Crippen LogP) is 2.80. The van der Waals surface area contributed by atoms with Crippen LogP contribution in [0.5, 0.6) is 5.75 Å². The second-order valence-corrected chi connectivity index (χ2v) is 5.23. The van der Waals surface area contributed by atoms with E-state index in [9.17, 15) is 9.59 Å². The van der Waals surface area contributed by atoms with E-state index in [1.165, 1.54) is 10.7 Å². The quantitative estimate of drug-likeness (QED) is 0.678. The van der Waals surface area contributed by atoms with E-state index in [0.29, 0.717) is 17.0 Å². The average Bonchev–Trinajstić information content (AvgIpc) is 2.64. The van der Waals surface area contributed by atoms with E-state index < -0.39 is 0 Å². The molecular formula is C19H16N2O3. The molecule has 0 bridgehead atoms. The van der Waals surface area contributed by atoms with Crippen LogP contribution in [0.4, 0.5) is 0 Å². The van der Waals surface area contributed by atoms with Gasteiger partial charge in [-0.2, -0.15) is 5.10 Å². The van der Waals surface area contributed by atoms with Gasteiger partial charge in [-0.15, -0.1) is 0 Å². The van der Waals surface area contributed by atoms with Crippen molar-refractivity contribution in [3.05, 3.63) is 82.6 Å². The first-order valence-electron chi connectivity index (χ1n) is 7.48. The molecule has 5 nitrogen and oxygen atoms in total. The lowest BCUT2D eigenvalue weighted by molar-refractivity contribution is 0.0966. The van der Waals surface area contributed by atoms with E-state index in [1.54, 1.807) is 37.4 Å². The van der Waals surface area contributed by atoms with E-state index in [4.69, 9.17) is 4.74 Å². The highest BCUT2D eigenvalue weighted by Crippen LogP contribution is 2.15. The predicted molar refractivity (Wildman–Crippen MR) is 91.3 cm³/mol. The van der Waals surface area contributed by atoms with Crippen molar-refractivity contribution in [2.75, 3.05) is 7.11 Å². The van der Waals surface area contributed by atoms with Gasteiger partial charge in [-0.05, 0) is 30.3 Å². The molecule has 0 N–H and O–H groups in total. The van der Waals surface area contributed by atoms with E-state index in [2.05, 4.69) is 5.10 Å². The molecule has 24 heavy (non-hydrogen) atoms. The number of ketones is 1. The summed E-state index contributed by atoms with van der Waals surface area (Å²) >= 11 is 0. The fourth-order valence-electron chi connectivity index (χ4n) is 2.33. The molecule has 3 rings (SSSR count). The van der Waals surface area contributed by atoms with Gasteiger partial charge in [0.2, 0.25) is 0 Å². The van der Waals surface area contributed by atoms with E-state index in [1.807, 2.05) is 30.3 Å². The van der Waals surface area contributed by atoms with Gasteiger partial charge >= 0.3 is 0 Å². The second-order valence-electron chi connectivity index (χ2n) is 5.23. The smallest absolute Gasteiger partial charge is 0.267 e. The summed E-state index contributed by atoms with van der Waals surface area (Å²) in [5.41, 5.74) is 1.74. The number of rotatable bonds is 5. The van der Waals surface area contributed by atoms with Gasteiger partial charge in [0, 0.05) is 17.2 Å². The van der Waals surface area contributed by atoms with Crippen LogP contribution in [0.15, 0.2) is 71.5 Å². The van der Waals surface area contributed by atoms with Crippen molar-refractivity contribution in [2.24, 2.45) is 0 Å². The molecule has 2 aromatic carbocycles. The first-order chi connectivity index (χ1) is 11.7. The van der Waals surface area contributed by atoms with Gasteiger partial charge in [0.15, 0.2) is 5.78 Å². The maximum atomic E-state index is 12.4. The number of carbonyl (C=O) groups excluding carboxylic acids is 1. The van der Waals surface area contributed by atoms with E-state index in [0.717, 1.165) is 5.56 Å². The Hall–Kier alpha value is -3.21. The van der Waals surface area contributed by atoms with Crippen LogP contribution in [-0.2, 0) is 6.54 Å². The van der Waals surface area contributed by atoms with Gasteiger partial charge in [-0.25, -0.2) is 4.68 Å². The summed E-state index contributed by atoms with van der Waals surface area (Å²) in [4.78, 5) is 24.4. The third-order valence-electron chi connectivity index (χ3n) is 3.64. The number of carbonyl (C=O) groups is 1. The molecule has 0 radical (unpaired) electrons. The molecule has 0 unspecified atom stereocenters. The van der Waals surface area contributed by atoms with Crippen molar-refractivity contribution in [1.82, 2.24) is 9.78 Å². The van der Waals surface area contributed by atoms with Crippen LogP contribution < -0.4 is 10.3 Å². The molecule has 5 heteroatoms. The molecule has 0 atom stereocenters. The zero-order valence-electron chi connectivity index (χ0n) is 13.2. The number of methoxy groups -OCH3 is 1. The van der Waals surface area contributed by atoms with Crippen molar-refractivity contribution in [2.45, 2.75) is 6.54 Å². The summed E-state index contributed by atoms with van der Waals surface area (Å²) < 4.78 is 6.26. The molecule has 0 amide bonds. The highest BCUT2D eigenvalue weighted by Gasteiger charge is 2.10. The van der Waals surface area contributed by atoms with Crippen molar-refractivity contribution in [1.29, 1.82) is 0 Å². The number of nitrogens with zero attached hydrogens (tertiary/aromatic N) is 2. The monoisotopic (exact) mass is 320 g/mol. The third kappa shape index (κ3) is 3.41. The summed E-state index contributed by atoms with van der Waals surface area (Å²) in [7, 11) is 1.56. The number of hydrogen-bond acceptors (Lipinski definition) is 4. The van der Waals surface area contributed by atoms with Gasteiger partial charge in [-0.1, -0.05) is 30.3 Å². The standard InChI is InChI=1S/C19H16N2O3/c1-24-16-9-7-15(8-10-16)18(22)13-21-19(23)12-11-17(20-21)14-5-3-2-4-6-14/h2-12H,13H2,1H3. The summed E-state index contributed by atoms with van der Waals surface area (Å²) in [6, 6.07) is 19.4. The summed E-state index contributed by atoms with van der Waals surface area (Å²) in [6.07, 6.45) is 0. The molecule has 0 aliphatic rings. The number of aromatic nitrogens is 2. The van der Waals surface area contributed by atoms with Crippen molar-refractivity contribution < 1.29 is 9.53 Å². The maximum absolute atomic E-state index is 12.4. The summed E-state index contributed by atoms with van der Waals surface area (Å²) in [5.74, 6) is 0.491. The van der Waals surface area contributed by atoms with Gasteiger partial charge in [0.1, 0.15) is 12.3 Å². The normalized spacial score (nSPS) is 10.4. The lowest BCUT2D eigenvalue weighted by Gasteiger charge is -2.07. The largest absolute Gasteiger partial charge is 0.497 e. The van der Waals surface area contributed by atoms with Gasteiger partial charge in [-0.3, -0.25) is 9.59 Å². The number of hydrogen-bond donors (Lipinski definition) is 0. The Kier molecular flexibility index (Phi) is 4.52. The van der Waals surface area contributed by atoms with E-state index in [-0.39, 0.29) is 17.9 Å². The molecule has 1 aromatic heterocycles. The highest BCUT2D eigenvalue weighted by molar-refractivity contribution is 5.95. The molecule has 120 valence electrons. The van der Waals surface area contributed by atoms with Crippen molar-refractivity contribution in [3.8, 4) is 17.0 Å². The number of Topliss-reactive ketones (excluding diaryl/α,β-unsaturated/α-hetero) is 1. The molecule has 0 fully saturated rings. The lowest BCUT2D eigenvalue weighted by atomic mass is 10.1. The van der Waals surface area contributed by atoms with Crippen LogP contribution in [0.25, 0.3) is 11.3 Å². The van der Waals surface area contributed by atoms with Crippen LogP contribution in [0.3, 0.4) is 0 Å². The van der Waals surface area contributed by atoms with Crippen LogP contribution >= 0.6 is 0 Å². The van der Waals surface area contributed by atoms with Gasteiger partial charge in [0.25, 0.3) is 5.56 Å². The molecule has 0 aliphatic carbocycles. The Bertz CT molecular complexity index is 900. The molecule has 0 aliphatic heterocycles. The Balaban J connectivity index is 1.86. The van der Waals surface area contributed by atoms with Crippen LogP contribution in [-0.4, -0.2) is 22.7 Å². The molecule has 0 spiro atoms. The Morgan fingerprint density at radius 2 is 1.71 bits per heavy atom. The van der Waals surface area contributed by atoms with Crippen molar-refractivity contribution >= 4 is 5.78 Å². The molecule has 1 heterocycles. The minimum atomic E-state index is -0.309. The van der Waals surface area contributed by atoms with Gasteiger partial charge in [0.05, 0.1) is 12.8 Å². The Morgan fingerprint density at radius 1 is 1.00 bits per heavy atom. The fourth-order valence-corrected chi connectivity index (χ4v) is 2.33. The highest BCUT2D eigenvalue weighted by atomic mass is 16.5. The second kappa shape index (κ2) is 6.91. The minimum absolute atomic E-state index is 0.105. The topological polar surface area (TPSA) is 61.2 Å². The van der Waals surface area contributed by atoms with E-state index >= 15 is 0 Å². The Labute approximate surface area is 139 Å². The number of ether oxygens (including phenoxy) is 1. The molecule has 0 saturated carbocycles. The zero-order chi connectivity index (χ0) is 16.9. The first kappa shape index (κ1) is 15.7. The Morgan fingerprint density at radius 3 is 2.38 bits per heavy atom. The SMILES string of the molecule is COc1ccc(C(=O)Cn2nc(-c3ccccc3)ccc2=O)cc1. The zero-order valence-corrected chi connectivity index (χ0v) is 13.2. The van der Waals surface area contributed by atoms with Crippen LogP contribution in [0.1, 0.15) is 10.4 Å². The first-order valence-corrected chi connectivity index (χ1v) is 7.48. The number of benzene rings is 2. The third-order valence-corrected chi connectivity index (χ3v) is 3.64. The van der Waals surface area contributed by atoms with Gasteiger partial charge < -0.3 is 4.74 Å². The van der Waals surface area contributed by atoms with Crippen molar-refractivity contribution in [3.63, 3.8) is 0 Å². The average molecular weight is 320 g/mol. The fraction of sp³-hybridized carbons (Fsp3) is 0.105. The molecular weight excluding hydrogens is 304 g/mol.